The first kappa shape index (κ1) is 12.0. The van der Waals surface area contributed by atoms with Crippen molar-refractivity contribution in [3.8, 4) is 0 Å². The third-order valence-electron chi connectivity index (χ3n) is 0.911. The van der Waals surface area contributed by atoms with Crippen molar-refractivity contribution in [2.24, 2.45) is 0 Å². The molecule has 0 fully saturated rings. The number of hydrogen-bond acceptors (Lipinski definition) is 2. The average Bonchev–Trinajstić information content (AvgIpc) is 1.86. The summed E-state index contributed by atoms with van der Waals surface area (Å²) in [5, 5.41) is 0. The number of carbonyl (C=O) groups is 1. The topological polar surface area (TPSA) is 26.3 Å². The van der Waals surface area contributed by atoms with Gasteiger partial charge in [0.1, 0.15) is 0 Å². The van der Waals surface area contributed by atoms with Gasteiger partial charge in [0.15, 0.2) is 0 Å². The van der Waals surface area contributed by atoms with Gasteiger partial charge in [-0.05, 0) is 0 Å². The maximum atomic E-state index is 10.9. The molecule has 5 heteroatoms. The maximum absolute atomic E-state index is 10.9. The summed E-state index contributed by atoms with van der Waals surface area (Å²) in [7, 11) is 0. The van der Waals surface area contributed by atoms with Gasteiger partial charge in [-0.15, -0.1) is 0 Å². The molecule has 0 saturated heterocycles. The van der Waals surface area contributed by atoms with Crippen molar-refractivity contribution in [3.05, 3.63) is 12.2 Å². The van der Waals surface area contributed by atoms with Gasteiger partial charge < -0.3 is 0 Å². The fourth-order valence-electron chi connectivity index (χ4n) is 0.467. The minimum absolute atomic E-state index is 0.274. The summed E-state index contributed by atoms with van der Waals surface area (Å²) in [5.74, 6) is -0.274. The zero-order valence-corrected chi connectivity index (χ0v) is 12.2. The third kappa shape index (κ3) is 6.16. The molecule has 1 radical (unpaired) electrons. The van der Waals surface area contributed by atoms with Gasteiger partial charge in [-0.2, -0.15) is 0 Å². The van der Waals surface area contributed by atoms with E-state index in [1.54, 1.807) is 6.92 Å². The van der Waals surface area contributed by atoms with E-state index in [4.69, 9.17) is 4.74 Å². The summed E-state index contributed by atoms with van der Waals surface area (Å²) in [4.78, 5) is 10.9. The van der Waals surface area contributed by atoms with Crippen LogP contribution in [-0.4, -0.2) is 27.9 Å². The summed E-state index contributed by atoms with van der Waals surface area (Å²) in [6.07, 6.45) is 0. The Bertz CT molecular complexity index is 159. The fourth-order valence-corrected chi connectivity index (χ4v) is 6.34. The molecule has 0 saturated carbocycles. The van der Waals surface area contributed by atoms with Crippen molar-refractivity contribution in [1.82, 2.24) is 0 Å². The Kier molecular flexibility index (Phi) is 7.05. The van der Waals surface area contributed by atoms with Crippen molar-refractivity contribution in [2.45, 2.75) is 11.4 Å². The standard InChI is InChI=1S/C6H9O2.2BrH.Sn/c1-4-8-6(7)5(2)3;;;/h2-4H2,1H3;2*1H;/q;;;+2/p-2. The van der Waals surface area contributed by atoms with E-state index in [-0.39, 0.29) is 5.97 Å². The molecule has 0 aliphatic heterocycles. The van der Waals surface area contributed by atoms with Crippen LogP contribution in [0.25, 0.3) is 0 Å². The zero-order chi connectivity index (χ0) is 8.85. The van der Waals surface area contributed by atoms with Gasteiger partial charge in [-0.25, -0.2) is 0 Å². The van der Waals surface area contributed by atoms with Crippen LogP contribution >= 0.6 is 25.4 Å². The number of esters is 1. The number of ether oxygens (including phenoxy) is 1. The molecule has 0 aliphatic rings. The first-order valence-electron chi connectivity index (χ1n) is 3.09. The molecule has 0 rings (SSSR count). The summed E-state index contributed by atoms with van der Waals surface area (Å²) in [6, 6.07) is 0. The number of halogens is 2. The summed E-state index contributed by atoms with van der Waals surface area (Å²) >= 11 is 5.30. The second-order valence-corrected chi connectivity index (χ2v) is 24.8. The molecule has 0 aromatic carbocycles. The van der Waals surface area contributed by atoms with Crippen molar-refractivity contribution in [1.29, 1.82) is 0 Å². The minimum atomic E-state index is -1.57. The van der Waals surface area contributed by atoms with E-state index in [0.29, 0.717) is 12.2 Å². The number of rotatable bonds is 4. The molecule has 0 heterocycles. The van der Waals surface area contributed by atoms with Crippen molar-refractivity contribution < 1.29 is 9.53 Å². The van der Waals surface area contributed by atoms with Crippen LogP contribution in [0.4, 0.5) is 0 Å². The first-order chi connectivity index (χ1) is 5.07. The fraction of sp³-hybridized carbons (Fsp3) is 0.500. The normalized spacial score (nSPS) is 9.82. The molecule has 0 unspecified atom stereocenters. The molecular weight excluding hydrogens is 383 g/mol. The Morgan fingerprint density at radius 3 is 2.55 bits per heavy atom. The number of hydrogen-bond donors (Lipinski definition) is 0. The Hall–Kier alpha value is 0.969. The summed E-state index contributed by atoms with van der Waals surface area (Å²) in [5.41, 5.74) is 0.565. The Morgan fingerprint density at radius 1 is 1.64 bits per heavy atom. The SMILES string of the molecule is C=C([CH2][Sn]([Br])[Br])C(=O)OCC. The van der Waals surface area contributed by atoms with Crippen LogP contribution in [0.15, 0.2) is 12.2 Å². The predicted octanol–water partition coefficient (Wildman–Crippen LogP) is 2.38. The molecule has 0 spiro atoms. The van der Waals surface area contributed by atoms with E-state index in [1.807, 2.05) is 0 Å². The van der Waals surface area contributed by atoms with Gasteiger partial charge in [-0.1, -0.05) is 0 Å². The van der Waals surface area contributed by atoms with Crippen LogP contribution in [0.5, 0.6) is 0 Å². The summed E-state index contributed by atoms with van der Waals surface area (Å²) in [6.45, 7) is 5.83. The molecule has 0 aliphatic carbocycles. The second-order valence-electron chi connectivity index (χ2n) is 1.84. The van der Waals surface area contributed by atoms with Crippen molar-refractivity contribution in [2.75, 3.05) is 6.61 Å². The van der Waals surface area contributed by atoms with Gasteiger partial charge in [0.25, 0.3) is 0 Å². The van der Waals surface area contributed by atoms with Gasteiger partial charge in [0.05, 0.1) is 0 Å². The van der Waals surface area contributed by atoms with E-state index in [9.17, 15) is 4.79 Å². The Balaban J connectivity index is 3.74. The van der Waals surface area contributed by atoms with Crippen LogP contribution < -0.4 is 0 Å². The van der Waals surface area contributed by atoms with E-state index >= 15 is 0 Å². The summed E-state index contributed by atoms with van der Waals surface area (Å²) < 4.78 is 5.51. The molecule has 0 N–H and O–H groups in total. The zero-order valence-electron chi connectivity index (χ0n) is 6.19. The monoisotopic (exact) mass is 391 g/mol. The third-order valence-corrected chi connectivity index (χ3v) is 6.65. The van der Waals surface area contributed by atoms with E-state index < -0.39 is 15.3 Å². The van der Waals surface area contributed by atoms with Crippen LogP contribution in [0, 0.1) is 0 Å². The number of carbonyl (C=O) groups excluding carboxylic acids is 1. The van der Waals surface area contributed by atoms with Gasteiger partial charge in [0.2, 0.25) is 0 Å². The Morgan fingerprint density at radius 2 is 2.18 bits per heavy atom. The molecular formula is C6H9Br2O2Sn. The van der Waals surface area contributed by atoms with Gasteiger partial charge in [0, 0.05) is 0 Å². The van der Waals surface area contributed by atoms with Gasteiger partial charge in [-0.3, -0.25) is 0 Å². The van der Waals surface area contributed by atoms with Crippen LogP contribution in [0.1, 0.15) is 6.92 Å². The quantitative estimate of drug-likeness (QED) is 0.418. The molecule has 0 atom stereocenters. The van der Waals surface area contributed by atoms with Crippen LogP contribution in [0.2, 0.25) is 4.44 Å². The van der Waals surface area contributed by atoms with Crippen LogP contribution in [0.3, 0.4) is 0 Å². The second kappa shape index (κ2) is 6.48. The van der Waals surface area contributed by atoms with Gasteiger partial charge >= 0.3 is 86.3 Å². The van der Waals surface area contributed by atoms with E-state index in [1.165, 1.54) is 0 Å². The molecule has 2 nitrogen and oxygen atoms in total. The molecule has 0 bridgehead atoms. The molecule has 0 aromatic rings. The van der Waals surface area contributed by atoms with E-state index in [2.05, 4.69) is 32.0 Å². The molecule has 0 aromatic heterocycles. The molecule has 63 valence electrons. The molecule has 0 amide bonds. The Labute approximate surface area is 85.6 Å². The van der Waals surface area contributed by atoms with Crippen molar-refractivity contribution in [3.63, 3.8) is 0 Å². The average molecular weight is 392 g/mol. The first-order valence-corrected chi connectivity index (χ1v) is 17.9. The predicted molar refractivity (Wildman–Crippen MR) is 54.2 cm³/mol. The van der Waals surface area contributed by atoms with Crippen LogP contribution in [-0.2, 0) is 9.53 Å². The molecule has 11 heavy (non-hydrogen) atoms. The van der Waals surface area contributed by atoms with E-state index in [0.717, 1.165) is 4.44 Å². The van der Waals surface area contributed by atoms with Crippen molar-refractivity contribution >= 4 is 46.7 Å².